The predicted molar refractivity (Wildman–Crippen MR) is 89.4 cm³/mol. The smallest absolute Gasteiger partial charge is 0.129 e. The normalized spacial score (nSPS) is 20.0. The van der Waals surface area contributed by atoms with Crippen molar-refractivity contribution in [2.75, 3.05) is 27.2 Å². The number of hydrogen-bond acceptors (Lipinski definition) is 3. The van der Waals surface area contributed by atoms with Gasteiger partial charge in [-0.25, -0.2) is 0 Å². The van der Waals surface area contributed by atoms with E-state index in [1.807, 2.05) is 14.1 Å². The van der Waals surface area contributed by atoms with Crippen LogP contribution >= 0.6 is 0 Å². The van der Waals surface area contributed by atoms with Crippen molar-refractivity contribution in [3.63, 3.8) is 0 Å². The average molecular weight is 286 g/mol. The van der Waals surface area contributed by atoms with E-state index in [2.05, 4.69) is 46.5 Å². The van der Waals surface area contributed by atoms with E-state index in [-0.39, 0.29) is 0 Å². The Kier molecular flexibility index (Phi) is 6.48. The molecule has 0 spiro atoms. The van der Waals surface area contributed by atoms with Gasteiger partial charge >= 0.3 is 0 Å². The molecule has 0 unspecified atom stereocenters. The summed E-state index contributed by atoms with van der Waals surface area (Å²) in [6.45, 7) is 1.55. The summed E-state index contributed by atoms with van der Waals surface area (Å²) in [6.07, 6.45) is 8.13. The highest BCUT2D eigenvalue weighted by atomic mass is 16.6. The topological polar surface area (TPSA) is 24.8 Å². The predicted octanol–water partition coefficient (Wildman–Crippen LogP) is 3.97. The lowest BCUT2D eigenvalue weighted by Crippen LogP contribution is -2.17. The highest BCUT2D eigenvalue weighted by Gasteiger charge is 2.12. The molecule has 0 bridgehead atoms. The monoisotopic (exact) mass is 286 g/mol. The Bertz CT molecular complexity index is 477. The van der Waals surface area contributed by atoms with Crippen LogP contribution in [0.4, 0.5) is 0 Å². The van der Waals surface area contributed by atoms with Crippen LogP contribution in [0.1, 0.15) is 37.7 Å². The molecule has 0 heterocycles. The first kappa shape index (κ1) is 15.8. The molecule has 3 heteroatoms. The largest absolute Gasteiger partial charge is 0.394 e. The molecule has 0 aliphatic heterocycles. The zero-order valence-electron chi connectivity index (χ0n) is 13.2. The van der Waals surface area contributed by atoms with Crippen LogP contribution in [0.15, 0.2) is 41.1 Å². The van der Waals surface area contributed by atoms with Gasteiger partial charge in [-0.1, -0.05) is 41.9 Å². The molecular weight excluding hydrogens is 260 g/mol. The summed E-state index contributed by atoms with van der Waals surface area (Å²) in [5, 5.41) is 4.41. The second-order valence-electron chi connectivity index (χ2n) is 5.82. The van der Waals surface area contributed by atoms with Crippen molar-refractivity contribution < 1.29 is 4.84 Å². The Labute approximate surface area is 128 Å². The molecule has 0 aromatic heterocycles. The number of nitrogens with zero attached hydrogens (tertiary/aromatic N) is 2. The van der Waals surface area contributed by atoms with Crippen molar-refractivity contribution in [3.8, 4) is 0 Å². The van der Waals surface area contributed by atoms with Crippen molar-refractivity contribution >= 4 is 11.8 Å². The van der Waals surface area contributed by atoms with Gasteiger partial charge in [-0.2, -0.15) is 0 Å². The summed E-state index contributed by atoms with van der Waals surface area (Å²) in [5.74, 6) is 0. The van der Waals surface area contributed by atoms with Gasteiger partial charge in [0.05, 0.1) is 5.71 Å². The third kappa shape index (κ3) is 5.72. The van der Waals surface area contributed by atoms with E-state index in [9.17, 15) is 0 Å². The Morgan fingerprint density at radius 1 is 1.10 bits per heavy atom. The molecule has 0 saturated heterocycles. The van der Waals surface area contributed by atoms with Crippen LogP contribution in [-0.2, 0) is 4.84 Å². The molecule has 0 atom stereocenters. The molecule has 1 aliphatic rings. The SMILES string of the molecule is CN(C)CCO/N=C1\CCCCC\C1=C\c1ccccc1. The lowest BCUT2D eigenvalue weighted by molar-refractivity contribution is 0.125. The molecule has 3 nitrogen and oxygen atoms in total. The van der Waals surface area contributed by atoms with Gasteiger partial charge < -0.3 is 9.74 Å². The van der Waals surface area contributed by atoms with Gasteiger partial charge in [0, 0.05) is 6.54 Å². The van der Waals surface area contributed by atoms with Crippen LogP contribution in [0.5, 0.6) is 0 Å². The van der Waals surface area contributed by atoms with Gasteiger partial charge in [0.15, 0.2) is 0 Å². The molecule has 21 heavy (non-hydrogen) atoms. The second-order valence-corrected chi connectivity index (χ2v) is 5.82. The highest BCUT2D eigenvalue weighted by Crippen LogP contribution is 2.23. The van der Waals surface area contributed by atoms with Gasteiger partial charge in [0.1, 0.15) is 6.61 Å². The van der Waals surface area contributed by atoms with Gasteiger partial charge in [-0.05, 0) is 57.0 Å². The van der Waals surface area contributed by atoms with E-state index < -0.39 is 0 Å². The quantitative estimate of drug-likeness (QED) is 0.465. The van der Waals surface area contributed by atoms with E-state index >= 15 is 0 Å². The Morgan fingerprint density at radius 3 is 2.62 bits per heavy atom. The molecule has 1 fully saturated rings. The molecule has 1 aromatic carbocycles. The first-order chi connectivity index (χ1) is 10.3. The second kappa shape index (κ2) is 8.63. The van der Waals surface area contributed by atoms with Crippen molar-refractivity contribution in [3.05, 3.63) is 41.5 Å². The fourth-order valence-electron chi connectivity index (χ4n) is 2.45. The van der Waals surface area contributed by atoms with Crippen molar-refractivity contribution in [1.82, 2.24) is 4.90 Å². The van der Waals surface area contributed by atoms with E-state index in [4.69, 9.17) is 4.84 Å². The van der Waals surface area contributed by atoms with Crippen LogP contribution in [0.25, 0.3) is 6.08 Å². The molecular formula is C18H26N2O. The average Bonchev–Trinajstić information content (AvgIpc) is 2.70. The third-order valence-electron chi connectivity index (χ3n) is 3.68. The van der Waals surface area contributed by atoms with Crippen LogP contribution < -0.4 is 0 Å². The number of likely N-dealkylation sites (N-methyl/N-ethyl adjacent to an activating group) is 1. The Balaban J connectivity index is 2.07. The van der Waals surface area contributed by atoms with Crippen LogP contribution in [0.2, 0.25) is 0 Å². The number of oxime groups is 1. The van der Waals surface area contributed by atoms with Crippen LogP contribution in [-0.4, -0.2) is 37.9 Å². The minimum Gasteiger partial charge on any atom is -0.394 e. The zero-order valence-corrected chi connectivity index (χ0v) is 13.2. The molecule has 1 saturated carbocycles. The lowest BCUT2D eigenvalue weighted by Gasteiger charge is -2.10. The Hall–Kier alpha value is -1.61. The first-order valence-electron chi connectivity index (χ1n) is 7.85. The maximum Gasteiger partial charge on any atom is 0.129 e. The Morgan fingerprint density at radius 2 is 1.86 bits per heavy atom. The summed E-state index contributed by atoms with van der Waals surface area (Å²) in [5.41, 5.74) is 3.72. The molecule has 1 aromatic rings. The number of benzene rings is 1. The van der Waals surface area contributed by atoms with Crippen molar-refractivity contribution in [2.24, 2.45) is 5.16 Å². The molecule has 0 amide bonds. The summed E-state index contributed by atoms with van der Waals surface area (Å²) < 4.78 is 0. The van der Waals surface area contributed by atoms with E-state index in [0.29, 0.717) is 6.61 Å². The lowest BCUT2D eigenvalue weighted by atomic mass is 10.0. The molecule has 114 valence electrons. The highest BCUT2D eigenvalue weighted by molar-refractivity contribution is 6.03. The maximum absolute atomic E-state index is 5.51. The van der Waals surface area contributed by atoms with E-state index in [1.165, 1.54) is 30.4 Å². The minimum atomic E-state index is 0.648. The first-order valence-corrected chi connectivity index (χ1v) is 7.85. The third-order valence-corrected chi connectivity index (χ3v) is 3.68. The number of rotatable bonds is 5. The number of hydrogen-bond donors (Lipinski definition) is 0. The zero-order chi connectivity index (χ0) is 14.9. The van der Waals surface area contributed by atoms with E-state index in [0.717, 1.165) is 25.1 Å². The van der Waals surface area contributed by atoms with Crippen molar-refractivity contribution in [2.45, 2.75) is 32.1 Å². The molecule has 2 rings (SSSR count). The van der Waals surface area contributed by atoms with Gasteiger partial charge in [-0.15, -0.1) is 0 Å². The summed E-state index contributed by atoms with van der Waals surface area (Å²) >= 11 is 0. The van der Waals surface area contributed by atoms with Crippen molar-refractivity contribution in [1.29, 1.82) is 0 Å². The summed E-state index contributed by atoms with van der Waals surface area (Å²) in [6, 6.07) is 10.5. The van der Waals surface area contributed by atoms with Gasteiger partial charge in [0.25, 0.3) is 0 Å². The van der Waals surface area contributed by atoms with Gasteiger partial charge in [0.2, 0.25) is 0 Å². The van der Waals surface area contributed by atoms with E-state index in [1.54, 1.807) is 0 Å². The van der Waals surface area contributed by atoms with Gasteiger partial charge in [-0.3, -0.25) is 0 Å². The standard InChI is InChI=1S/C18H26N2O/c1-20(2)13-14-21-19-18-12-8-4-7-11-17(18)15-16-9-5-3-6-10-16/h3,5-6,9-10,15H,4,7-8,11-14H2,1-2H3/b17-15-,19-18+. The molecule has 1 aliphatic carbocycles. The van der Waals surface area contributed by atoms with Crippen LogP contribution in [0.3, 0.4) is 0 Å². The number of allylic oxidation sites excluding steroid dienone is 1. The fraction of sp³-hybridized carbons (Fsp3) is 0.500. The summed E-state index contributed by atoms with van der Waals surface area (Å²) in [4.78, 5) is 7.62. The maximum atomic E-state index is 5.51. The fourth-order valence-corrected chi connectivity index (χ4v) is 2.45. The minimum absolute atomic E-state index is 0.648. The van der Waals surface area contributed by atoms with Crippen LogP contribution in [0, 0.1) is 0 Å². The molecule has 0 N–H and O–H groups in total. The molecule has 0 radical (unpaired) electrons. The summed E-state index contributed by atoms with van der Waals surface area (Å²) in [7, 11) is 4.09.